The van der Waals surface area contributed by atoms with Crippen LogP contribution in [0.4, 0.5) is 4.39 Å². The van der Waals surface area contributed by atoms with Crippen LogP contribution in [0.3, 0.4) is 0 Å². The maximum absolute atomic E-state index is 13.0. The van der Waals surface area contributed by atoms with Crippen LogP contribution >= 0.6 is 24.0 Å². The number of hydrogen-bond donors (Lipinski definition) is 3. The van der Waals surface area contributed by atoms with E-state index in [1.807, 2.05) is 38.1 Å². The highest BCUT2D eigenvalue weighted by Crippen LogP contribution is 2.18. The molecule has 0 saturated heterocycles. The van der Waals surface area contributed by atoms with Crippen molar-refractivity contribution in [1.29, 1.82) is 0 Å². The van der Waals surface area contributed by atoms with Crippen molar-refractivity contribution in [2.75, 3.05) is 19.7 Å². The number of guanidine groups is 1. The van der Waals surface area contributed by atoms with E-state index in [0.717, 1.165) is 11.3 Å². The number of aliphatic hydroxyl groups is 1. The Morgan fingerprint density at radius 1 is 1.11 bits per heavy atom. The van der Waals surface area contributed by atoms with Gasteiger partial charge in [0.1, 0.15) is 11.6 Å². The van der Waals surface area contributed by atoms with Crippen LogP contribution in [0.5, 0.6) is 5.75 Å². The Morgan fingerprint density at radius 2 is 1.81 bits per heavy atom. The first-order valence-electron chi connectivity index (χ1n) is 8.80. The summed E-state index contributed by atoms with van der Waals surface area (Å²) in [5.74, 6) is 1.10. The van der Waals surface area contributed by atoms with Gasteiger partial charge in [-0.05, 0) is 37.6 Å². The van der Waals surface area contributed by atoms with Crippen LogP contribution in [-0.4, -0.2) is 30.8 Å². The molecule has 148 valence electrons. The van der Waals surface area contributed by atoms with Crippen molar-refractivity contribution in [3.05, 3.63) is 65.5 Å². The fourth-order valence-electron chi connectivity index (χ4n) is 2.43. The molecule has 0 aliphatic heterocycles. The molecule has 0 spiro atoms. The smallest absolute Gasteiger partial charge is 0.191 e. The molecule has 0 aliphatic rings. The van der Waals surface area contributed by atoms with E-state index in [0.29, 0.717) is 31.2 Å². The molecule has 27 heavy (non-hydrogen) atoms. The predicted molar refractivity (Wildman–Crippen MR) is 117 cm³/mol. The Hall–Kier alpha value is -1.87. The molecule has 2 rings (SSSR count). The molecule has 0 saturated carbocycles. The van der Waals surface area contributed by atoms with Gasteiger partial charge < -0.3 is 20.5 Å². The average molecular weight is 487 g/mol. The first kappa shape index (κ1) is 23.2. The van der Waals surface area contributed by atoms with Crippen molar-refractivity contribution in [3.8, 4) is 5.75 Å². The van der Waals surface area contributed by atoms with Crippen LogP contribution in [0, 0.1) is 5.82 Å². The Kier molecular flexibility index (Phi) is 10.7. The van der Waals surface area contributed by atoms with E-state index in [9.17, 15) is 9.50 Å². The molecule has 2 aromatic rings. The minimum absolute atomic E-state index is 0. The highest BCUT2D eigenvalue weighted by molar-refractivity contribution is 14.0. The molecule has 1 unspecified atom stereocenters. The summed E-state index contributed by atoms with van der Waals surface area (Å²) in [6.07, 6.45) is -0.754. The van der Waals surface area contributed by atoms with Gasteiger partial charge in [0.05, 0.1) is 19.3 Å². The van der Waals surface area contributed by atoms with Crippen LogP contribution in [0.2, 0.25) is 0 Å². The minimum atomic E-state index is -0.754. The Morgan fingerprint density at radius 3 is 2.48 bits per heavy atom. The van der Waals surface area contributed by atoms with Crippen molar-refractivity contribution in [2.24, 2.45) is 4.99 Å². The van der Waals surface area contributed by atoms with E-state index in [4.69, 9.17) is 4.74 Å². The lowest BCUT2D eigenvalue weighted by atomic mass is 10.1. The van der Waals surface area contributed by atoms with Gasteiger partial charge in [-0.3, -0.25) is 0 Å². The number of hydrogen-bond acceptors (Lipinski definition) is 3. The number of halogens is 2. The zero-order chi connectivity index (χ0) is 18.8. The lowest BCUT2D eigenvalue weighted by Crippen LogP contribution is -2.39. The monoisotopic (exact) mass is 487 g/mol. The van der Waals surface area contributed by atoms with Crippen LogP contribution in [0.1, 0.15) is 31.1 Å². The summed E-state index contributed by atoms with van der Waals surface area (Å²) in [7, 11) is 0. The zero-order valence-electron chi connectivity index (χ0n) is 15.6. The largest absolute Gasteiger partial charge is 0.494 e. The molecular formula is C20H27FIN3O2. The standard InChI is InChI=1S/C20H26FN3O2.HI/c1-3-22-20(23-13-16-7-5-6-8-19(16)26-4-2)24-14-18(25)15-9-11-17(21)12-10-15;/h5-12,18,25H,3-4,13-14H2,1-2H3,(H2,22,23,24);1H. The second-order valence-corrected chi connectivity index (χ2v) is 5.68. The van der Waals surface area contributed by atoms with Crippen molar-refractivity contribution < 1.29 is 14.2 Å². The van der Waals surface area contributed by atoms with Gasteiger partial charge >= 0.3 is 0 Å². The van der Waals surface area contributed by atoms with Gasteiger partial charge in [-0.2, -0.15) is 0 Å². The summed E-state index contributed by atoms with van der Waals surface area (Å²) in [6, 6.07) is 13.6. The highest BCUT2D eigenvalue weighted by Gasteiger charge is 2.09. The fraction of sp³-hybridized carbons (Fsp3) is 0.350. The number of nitrogens with one attached hydrogen (secondary N) is 2. The highest BCUT2D eigenvalue weighted by atomic mass is 127. The molecule has 0 fully saturated rings. The molecular weight excluding hydrogens is 460 g/mol. The minimum Gasteiger partial charge on any atom is -0.494 e. The third-order valence-electron chi connectivity index (χ3n) is 3.74. The summed E-state index contributed by atoms with van der Waals surface area (Å²) < 4.78 is 18.6. The zero-order valence-corrected chi connectivity index (χ0v) is 17.9. The Bertz CT molecular complexity index is 711. The second kappa shape index (κ2) is 12.5. The van der Waals surface area contributed by atoms with Crippen molar-refractivity contribution in [1.82, 2.24) is 10.6 Å². The van der Waals surface area contributed by atoms with Gasteiger partial charge in [-0.25, -0.2) is 9.38 Å². The van der Waals surface area contributed by atoms with Gasteiger partial charge in [-0.15, -0.1) is 24.0 Å². The number of para-hydroxylation sites is 1. The molecule has 0 radical (unpaired) electrons. The molecule has 0 aromatic heterocycles. The normalized spacial score (nSPS) is 12.1. The van der Waals surface area contributed by atoms with E-state index < -0.39 is 6.10 Å². The molecule has 7 heteroatoms. The fourth-order valence-corrected chi connectivity index (χ4v) is 2.43. The van der Waals surface area contributed by atoms with Gasteiger partial charge in [0.25, 0.3) is 0 Å². The number of nitrogens with zero attached hydrogens (tertiary/aromatic N) is 1. The van der Waals surface area contributed by atoms with Gasteiger partial charge in [-0.1, -0.05) is 30.3 Å². The summed E-state index contributed by atoms with van der Waals surface area (Å²) in [5, 5.41) is 16.5. The molecule has 1 atom stereocenters. The molecule has 2 aromatic carbocycles. The predicted octanol–water partition coefficient (Wildman–Crippen LogP) is 3.63. The SMILES string of the molecule is CCNC(=NCc1ccccc1OCC)NCC(O)c1ccc(F)cc1.I. The molecule has 0 aliphatic carbocycles. The molecule has 0 amide bonds. The lowest BCUT2D eigenvalue weighted by Gasteiger charge is -2.16. The maximum Gasteiger partial charge on any atom is 0.191 e. The van der Waals surface area contributed by atoms with Crippen molar-refractivity contribution >= 4 is 29.9 Å². The Balaban J connectivity index is 0.00000364. The van der Waals surface area contributed by atoms with E-state index in [1.165, 1.54) is 12.1 Å². The quantitative estimate of drug-likeness (QED) is 0.302. The van der Waals surface area contributed by atoms with Gasteiger partial charge in [0.15, 0.2) is 5.96 Å². The number of rotatable bonds is 8. The molecule has 0 heterocycles. The number of aliphatic hydroxyl groups excluding tert-OH is 1. The van der Waals surface area contributed by atoms with E-state index in [1.54, 1.807) is 12.1 Å². The van der Waals surface area contributed by atoms with Crippen LogP contribution < -0.4 is 15.4 Å². The number of aliphatic imine (C=N–C) groups is 1. The topological polar surface area (TPSA) is 65.9 Å². The number of benzene rings is 2. The molecule has 3 N–H and O–H groups in total. The van der Waals surface area contributed by atoms with E-state index in [-0.39, 0.29) is 36.3 Å². The summed E-state index contributed by atoms with van der Waals surface area (Å²) in [6.45, 7) is 5.95. The summed E-state index contributed by atoms with van der Waals surface area (Å²) >= 11 is 0. The Labute approximate surface area is 177 Å². The second-order valence-electron chi connectivity index (χ2n) is 5.68. The van der Waals surface area contributed by atoms with Crippen molar-refractivity contribution in [3.63, 3.8) is 0 Å². The number of ether oxygens (including phenoxy) is 1. The summed E-state index contributed by atoms with van der Waals surface area (Å²) in [5.41, 5.74) is 1.64. The molecule has 5 nitrogen and oxygen atoms in total. The molecule has 0 bridgehead atoms. The van der Waals surface area contributed by atoms with E-state index >= 15 is 0 Å². The van der Waals surface area contributed by atoms with Gasteiger partial charge in [0, 0.05) is 18.7 Å². The van der Waals surface area contributed by atoms with Crippen molar-refractivity contribution in [2.45, 2.75) is 26.5 Å². The first-order valence-corrected chi connectivity index (χ1v) is 8.80. The third kappa shape index (κ3) is 7.72. The van der Waals surface area contributed by atoms with Gasteiger partial charge in [0.2, 0.25) is 0 Å². The maximum atomic E-state index is 13.0. The van der Waals surface area contributed by atoms with Crippen LogP contribution in [-0.2, 0) is 6.54 Å². The average Bonchev–Trinajstić information content (AvgIpc) is 2.65. The third-order valence-corrected chi connectivity index (χ3v) is 3.74. The van der Waals surface area contributed by atoms with E-state index in [2.05, 4.69) is 15.6 Å². The lowest BCUT2D eigenvalue weighted by molar-refractivity contribution is 0.180. The van der Waals surface area contributed by atoms with Crippen LogP contribution in [0.25, 0.3) is 0 Å². The first-order chi connectivity index (χ1) is 12.6. The van der Waals surface area contributed by atoms with Crippen LogP contribution in [0.15, 0.2) is 53.5 Å². The summed E-state index contributed by atoms with van der Waals surface area (Å²) in [4.78, 5) is 4.55.